The zero-order valence-electron chi connectivity index (χ0n) is 14.6. The van der Waals surface area contributed by atoms with E-state index < -0.39 is 6.04 Å². The highest BCUT2D eigenvalue weighted by Gasteiger charge is 2.26. The van der Waals surface area contributed by atoms with Crippen LogP contribution in [0.25, 0.3) is 11.4 Å². The van der Waals surface area contributed by atoms with Crippen molar-refractivity contribution in [1.29, 1.82) is 0 Å². The molecule has 1 aromatic carbocycles. The number of tetrazole rings is 1. The molecule has 24 heavy (non-hydrogen) atoms. The zero-order valence-corrected chi connectivity index (χ0v) is 14.6. The second kappa shape index (κ2) is 7.11. The molecule has 6 nitrogen and oxygen atoms in total. The highest BCUT2D eigenvalue weighted by atomic mass is 16.2. The van der Waals surface area contributed by atoms with Crippen molar-refractivity contribution in [1.82, 2.24) is 25.5 Å². The standard InChI is InChI=1S/C18H25N5O/c1-12-8-10-15(11-9-12)17-20-22-23(21-17)14(3)18(24)19-16-7-5-4-6-13(16)2/h8-11,13-14,16H,4-7H2,1-3H3,(H,19,24)/t13-,14+,16+/m0/s1. The minimum absolute atomic E-state index is 0.0402. The Balaban J connectivity index is 1.67. The van der Waals surface area contributed by atoms with Crippen molar-refractivity contribution in [3.8, 4) is 11.4 Å². The van der Waals surface area contributed by atoms with Gasteiger partial charge in [-0.25, -0.2) is 0 Å². The van der Waals surface area contributed by atoms with Crippen LogP contribution < -0.4 is 5.32 Å². The average molecular weight is 327 g/mol. The van der Waals surface area contributed by atoms with Crippen LogP contribution in [0, 0.1) is 12.8 Å². The fourth-order valence-corrected chi connectivity index (χ4v) is 3.15. The van der Waals surface area contributed by atoms with E-state index in [9.17, 15) is 4.79 Å². The van der Waals surface area contributed by atoms with Gasteiger partial charge in [0.05, 0.1) is 0 Å². The van der Waals surface area contributed by atoms with Gasteiger partial charge >= 0.3 is 0 Å². The maximum atomic E-state index is 12.5. The Hall–Kier alpha value is -2.24. The number of hydrogen-bond donors (Lipinski definition) is 1. The molecule has 0 unspecified atom stereocenters. The van der Waals surface area contributed by atoms with Crippen LogP contribution in [-0.2, 0) is 4.79 Å². The lowest BCUT2D eigenvalue weighted by molar-refractivity contribution is -0.125. The highest BCUT2D eigenvalue weighted by molar-refractivity contribution is 5.80. The molecule has 0 radical (unpaired) electrons. The van der Waals surface area contributed by atoms with E-state index in [1.807, 2.05) is 38.1 Å². The molecular formula is C18H25N5O. The topological polar surface area (TPSA) is 72.7 Å². The van der Waals surface area contributed by atoms with E-state index >= 15 is 0 Å². The van der Waals surface area contributed by atoms with Crippen LogP contribution >= 0.6 is 0 Å². The summed E-state index contributed by atoms with van der Waals surface area (Å²) in [5.74, 6) is 1.03. The normalized spacial score (nSPS) is 22.1. The van der Waals surface area contributed by atoms with Crippen molar-refractivity contribution >= 4 is 5.91 Å². The van der Waals surface area contributed by atoms with E-state index in [1.54, 1.807) is 0 Å². The van der Waals surface area contributed by atoms with Gasteiger partial charge in [0.1, 0.15) is 6.04 Å². The van der Waals surface area contributed by atoms with Gasteiger partial charge in [-0.3, -0.25) is 4.79 Å². The number of aryl methyl sites for hydroxylation is 1. The molecule has 0 saturated heterocycles. The summed E-state index contributed by atoms with van der Waals surface area (Å²) in [7, 11) is 0. The molecular weight excluding hydrogens is 302 g/mol. The summed E-state index contributed by atoms with van der Waals surface area (Å²) in [4.78, 5) is 13.9. The Morgan fingerprint density at radius 2 is 1.96 bits per heavy atom. The molecule has 1 saturated carbocycles. The first-order valence-electron chi connectivity index (χ1n) is 8.71. The fourth-order valence-electron chi connectivity index (χ4n) is 3.15. The third-order valence-electron chi connectivity index (χ3n) is 4.90. The minimum Gasteiger partial charge on any atom is -0.351 e. The molecule has 6 heteroatoms. The van der Waals surface area contributed by atoms with E-state index in [2.05, 4.69) is 27.7 Å². The Kier molecular flexibility index (Phi) is 4.92. The quantitative estimate of drug-likeness (QED) is 0.937. The first-order valence-corrected chi connectivity index (χ1v) is 8.71. The highest BCUT2D eigenvalue weighted by Crippen LogP contribution is 2.24. The third-order valence-corrected chi connectivity index (χ3v) is 4.90. The first kappa shape index (κ1) is 16.6. The van der Waals surface area contributed by atoms with Gasteiger partial charge in [-0.05, 0) is 37.8 Å². The van der Waals surface area contributed by atoms with Gasteiger partial charge in [-0.15, -0.1) is 10.2 Å². The number of benzene rings is 1. The number of aromatic nitrogens is 4. The Labute approximate surface area is 142 Å². The molecule has 3 rings (SSSR count). The molecule has 2 aromatic rings. The molecule has 0 aliphatic heterocycles. The summed E-state index contributed by atoms with van der Waals surface area (Å²) in [5.41, 5.74) is 2.08. The molecule has 0 bridgehead atoms. The second-order valence-corrected chi connectivity index (χ2v) is 6.85. The zero-order chi connectivity index (χ0) is 17.1. The summed E-state index contributed by atoms with van der Waals surface area (Å²) in [6.45, 7) is 6.05. The average Bonchev–Trinajstić information content (AvgIpc) is 3.07. The van der Waals surface area contributed by atoms with E-state index in [4.69, 9.17) is 0 Å². The predicted octanol–water partition coefficient (Wildman–Crippen LogP) is 2.90. The van der Waals surface area contributed by atoms with Crippen LogP contribution in [0.5, 0.6) is 0 Å². The van der Waals surface area contributed by atoms with Gasteiger partial charge in [-0.1, -0.05) is 49.6 Å². The van der Waals surface area contributed by atoms with E-state index in [0.717, 1.165) is 12.0 Å². The van der Waals surface area contributed by atoms with Gasteiger partial charge in [-0.2, -0.15) is 4.80 Å². The lowest BCUT2D eigenvalue weighted by atomic mass is 9.86. The van der Waals surface area contributed by atoms with Crippen molar-refractivity contribution in [3.05, 3.63) is 29.8 Å². The maximum absolute atomic E-state index is 12.5. The number of nitrogens with zero attached hydrogens (tertiary/aromatic N) is 4. The first-order chi connectivity index (χ1) is 11.5. The summed E-state index contributed by atoms with van der Waals surface area (Å²) in [6.07, 6.45) is 4.67. The van der Waals surface area contributed by atoms with Crippen LogP contribution in [-0.4, -0.2) is 32.2 Å². The van der Waals surface area contributed by atoms with Crippen molar-refractivity contribution in [3.63, 3.8) is 0 Å². The maximum Gasteiger partial charge on any atom is 0.246 e. The predicted molar refractivity (Wildman–Crippen MR) is 92.3 cm³/mol. The monoisotopic (exact) mass is 327 g/mol. The molecule has 0 spiro atoms. The van der Waals surface area contributed by atoms with E-state index in [1.165, 1.54) is 29.6 Å². The molecule has 1 amide bonds. The van der Waals surface area contributed by atoms with Crippen molar-refractivity contribution in [2.24, 2.45) is 5.92 Å². The summed E-state index contributed by atoms with van der Waals surface area (Å²) < 4.78 is 0. The molecule has 1 aliphatic carbocycles. The van der Waals surface area contributed by atoms with E-state index in [-0.39, 0.29) is 11.9 Å². The van der Waals surface area contributed by atoms with Crippen molar-refractivity contribution in [2.45, 2.75) is 58.5 Å². The molecule has 1 aromatic heterocycles. The molecule has 1 aliphatic rings. The number of rotatable bonds is 4. The number of amides is 1. The number of carbonyl (C=O) groups is 1. The Bertz CT molecular complexity index is 694. The van der Waals surface area contributed by atoms with Crippen LogP contribution in [0.4, 0.5) is 0 Å². The molecule has 128 valence electrons. The minimum atomic E-state index is -0.467. The smallest absolute Gasteiger partial charge is 0.246 e. The fraction of sp³-hybridized carbons (Fsp3) is 0.556. The largest absolute Gasteiger partial charge is 0.351 e. The summed E-state index contributed by atoms with van der Waals surface area (Å²) in [5, 5.41) is 15.7. The number of nitrogens with one attached hydrogen (secondary N) is 1. The molecule has 1 fully saturated rings. The lowest BCUT2D eigenvalue weighted by Gasteiger charge is -2.30. The van der Waals surface area contributed by atoms with Gasteiger partial charge < -0.3 is 5.32 Å². The van der Waals surface area contributed by atoms with Crippen molar-refractivity contribution in [2.75, 3.05) is 0 Å². The van der Waals surface area contributed by atoms with Crippen molar-refractivity contribution < 1.29 is 4.79 Å². The van der Waals surface area contributed by atoms with Gasteiger partial charge in [0.15, 0.2) is 0 Å². The Morgan fingerprint density at radius 3 is 2.67 bits per heavy atom. The van der Waals surface area contributed by atoms with Crippen LogP contribution in [0.2, 0.25) is 0 Å². The van der Waals surface area contributed by atoms with Gasteiger partial charge in [0, 0.05) is 11.6 Å². The number of hydrogen-bond acceptors (Lipinski definition) is 4. The third kappa shape index (κ3) is 3.63. The SMILES string of the molecule is Cc1ccc(-c2nnn([C@H](C)C(=O)N[C@@H]3CCCC[C@@H]3C)n2)cc1. The van der Waals surface area contributed by atoms with Crippen LogP contribution in [0.3, 0.4) is 0 Å². The van der Waals surface area contributed by atoms with Gasteiger partial charge in [0.25, 0.3) is 0 Å². The molecule has 3 atom stereocenters. The van der Waals surface area contributed by atoms with Gasteiger partial charge in [0.2, 0.25) is 11.7 Å². The molecule has 1 heterocycles. The summed E-state index contributed by atoms with van der Waals surface area (Å²) in [6, 6.07) is 7.74. The van der Waals surface area contributed by atoms with E-state index in [0.29, 0.717) is 11.7 Å². The van der Waals surface area contributed by atoms with Crippen LogP contribution in [0.1, 0.15) is 51.1 Å². The second-order valence-electron chi connectivity index (χ2n) is 6.85. The Morgan fingerprint density at radius 1 is 1.25 bits per heavy atom. The number of carbonyl (C=O) groups excluding carboxylic acids is 1. The lowest BCUT2D eigenvalue weighted by Crippen LogP contribution is -2.44. The summed E-state index contributed by atoms with van der Waals surface area (Å²) >= 11 is 0. The molecule has 1 N–H and O–H groups in total. The van der Waals surface area contributed by atoms with Crippen LogP contribution in [0.15, 0.2) is 24.3 Å².